The number of nitrogens with one attached hydrogen (secondary N) is 1. The molecule has 0 atom stereocenters. The molecule has 0 saturated heterocycles. The first-order chi connectivity index (χ1) is 13.2. The molecule has 0 radical (unpaired) electrons. The second-order valence-electron chi connectivity index (χ2n) is 7.84. The average molecular weight is 369 g/mol. The molecule has 144 valence electrons. The molecule has 7 heteroatoms. The summed E-state index contributed by atoms with van der Waals surface area (Å²) in [6.45, 7) is 2.57. The number of benzene rings is 1. The minimum absolute atomic E-state index is 0.168. The molecule has 2 N–H and O–H groups in total. The van der Waals surface area contributed by atoms with E-state index in [1.165, 1.54) is 18.4 Å². The summed E-state index contributed by atoms with van der Waals surface area (Å²) in [4.78, 5) is 13.3. The van der Waals surface area contributed by atoms with Gasteiger partial charge in [0.05, 0.1) is 25.0 Å². The number of carbonyl (C=O) groups is 1. The molecule has 1 aromatic carbocycles. The first-order valence-electron chi connectivity index (χ1n) is 9.78. The van der Waals surface area contributed by atoms with E-state index in [-0.39, 0.29) is 6.54 Å². The van der Waals surface area contributed by atoms with Crippen molar-refractivity contribution in [2.24, 2.45) is 5.92 Å². The van der Waals surface area contributed by atoms with E-state index < -0.39 is 5.97 Å². The summed E-state index contributed by atoms with van der Waals surface area (Å²) in [6.07, 6.45) is 6.35. The summed E-state index contributed by atoms with van der Waals surface area (Å²) < 4.78 is 1.93. The lowest BCUT2D eigenvalue weighted by Crippen LogP contribution is -2.54. The molecule has 0 aliphatic heterocycles. The average Bonchev–Trinajstić information content (AvgIpc) is 3.32. The number of aromatic nitrogens is 3. The highest BCUT2D eigenvalue weighted by molar-refractivity contribution is 5.69. The Balaban J connectivity index is 1.25. The van der Waals surface area contributed by atoms with Crippen molar-refractivity contribution in [3.8, 4) is 0 Å². The Kier molecular flexibility index (Phi) is 5.50. The standard InChI is InChI=1S/C20H27N5O2/c26-20(27)14-24(12-16-6-7-16)18-8-17(9-18)21-10-19-11-22-23-25(19)13-15-4-2-1-3-5-15/h1-5,11,16-18,21H,6-10,12-14H2,(H,26,27). The molecule has 0 unspecified atom stereocenters. The molecule has 4 rings (SSSR count). The van der Waals surface area contributed by atoms with Crippen LogP contribution in [0, 0.1) is 5.92 Å². The minimum Gasteiger partial charge on any atom is -0.480 e. The third kappa shape index (κ3) is 4.93. The molecule has 7 nitrogen and oxygen atoms in total. The van der Waals surface area contributed by atoms with E-state index in [1.807, 2.05) is 29.1 Å². The van der Waals surface area contributed by atoms with Crippen LogP contribution in [0.1, 0.15) is 36.9 Å². The van der Waals surface area contributed by atoms with Gasteiger partial charge in [-0.2, -0.15) is 0 Å². The van der Waals surface area contributed by atoms with Gasteiger partial charge in [-0.1, -0.05) is 35.5 Å². The summed E-state index contributed by atoms with van der Waals surface area (Å²) in [5.41, 5.74) is 2.28. The van der Waals surface area contributed by atoms with Crippen molar-refractivity contribution in [3.63, 3.8) is 0 Å². The Morgan fingerprint density at radius 1 is 1.26 bits per heavy atom. The number of rotatable bonds is 10. The van der Waals surface area contributed by atoms with Gasteiger partial charge in [0.1, 0.15) is 0 Å². The van der Waals surface area contributed by atoms with E-state index in [4.69, 9.17) is 5.11 Å². The van der Waals surface area contributed by atoms with E-state index in [9.17, 15) is 4.79 Å². The van der Waals surface area contributed by atoms with Crippen LogP contribution < -0.4 is 5.32 Å². The molecule has 0 bridgehead atoms. The lowest BCUT2D eigenvalue weighted by Gasteiger charge is -2.43. The minimum atomic E-state index is -0.719. The summed E-state index contributed by atoms with van der Waals surface area (Å²) in [5, 5.41) is 21.0. The van der Waals surface area contributed by atoms with Crippen molar-refractivity contribution < 1.29 is 9.90 Å². The molecule has 1 heterocycles. The van der Waals surface area contributed by atoms with Crippen molar-refractivity contribution >= 4 is 5.97 Å². The number of nitrogens with zero attached hydrogens (tertiary/aromatic N) is 4. The fraction of sp³-hybridized carbons (Fsp3) is 0.550. The fourth-order valence-electron chi connectivity index (χ4n) is 3.76. The highest BCUT2D eigenvalue weighted by Gasteiger charge is 2.36. The monoisotopic (exact) mass is 369 g/mol. The van der Waals surface area contributed by atoms with Crippen LogP contribution in [0.4, 0.5) is 0 Å². The smallest absolute Gasteiger partial charge is 0.317 e. The number of hydrogen-bond acceptors (Lipinski definition) is 5. The molecule has 2 fully saturated rings. The lowest BCUT2D eigenvalue weighted by molar-refractivity contribution is -0.139. The van der Waals surface area contributed by atoms with Crippen LogP contribution >= 0.6 is 0 Å². The number of aliphatic carboxylic acids is 1. The van der Waals surface area contributed by atoms with Crippen molar-refractivity contribution in [1.82, 2.24) is 25.2 Å². The van der Waals surface area contributed by atoms with Crippen LogP contribution in [-0.4, -0.2) is 56.1 Å². The Labute approximate surface area is 159 Å². The molecule has 1 aromatic heterocycles. The maximum atomic E-state index is 11.1. The molecule has 27 heavy (non-hydrogen) atoms. The summed E-state index contributed by atoms with van der Waals surface area (Å²) in [5.74, 6) is -0.00211. The predicted molar refractivity (Wildman–Crippen MR) is 101 cm³/mol. The van der Waals surface area contributed by atoms with Crippen molar-refractivity contribution in [1.29, 1.82) is 0 Å². The zero-order chi connectivity index (χ0) is 18.6. The van der Waals surface area contributed by atoms with Crippen LogP contribution in [0.3, 0.4) is 0 Å². The highest BCUT2D eigenvalue weighted by atomic mass is 16.4. The summed E-state index contributed by atoms with van der Waals surface area (Å²) in [7, 11) is 0. The maximum Gasteiger partial charge on any atom is 0.317 e. The van der Waals surface area contributed by atoms with Gasteiger partial charge >= 0.3 is 5.97 Å². The maximum absolute atomic E-state index is 11.1. The highest BCUT2D eigenvalue weighted by Crippen LogP contribution is 2.33. The summed E-state index contributed by atoms with van der Waals surface area (Å²) >= 11 is 0. The SMILES string of the molecule is O=C(O)CN(CC1CC1)C1CC(NCc2cnnn2Cc2ccccc2)C1. The van der Waals surface area contributed by atoms with Gasteiger partial charge in [0.15, 0.2) is 0 Å². The largest absolute Gasteiger partial charge is 0.480 e. The second-order valence-corrected chi connectivity index (χ2v) is 7.84. The molecule has 2 saturated carbocycles. The van der Waals surface area contributed by atoms with Crippen molar-refractivity contribution in [2.45, 2.75) is 50.9 Å². The number of carboxylic acids is 1. The van der Waals surface area contributed by atoms with Gasteiger partial charge in [0.25, 0.3) is 0 Å². The van der Waals surface area contributed by atoms with E-state index in [2.05, 4.69) is 32.7 Å². The Morgan fingerprint density at radius 2 is 2.04 bits per heavy atom. The number of carboxylic acid groups (broad SMARTS) is 1. The van der Waals surface area contributed by atoms with Crippen LogP contribution in [-0.2, 0) is 17.9 Å². The Hall–Kier alpha value is -2.25. The molecule has 2 aromatic rings. The molecular weight excluding hydrogens is 342 g/mol. The van der Waals surface area contributed by atoms with Crippen molar-refractivity contribution in [2.75, 3.05) is 13.1 Å². The Morgan fingerprint density at radius 3 is 2.74 bits per heavy atom. The van der Waals surface area contributed by atoms with Crippen molar-refractivity contribution in [3.05, 3.63) is 47.8 Å². The first kappa shape index (κ1) is 18.1. The van der Waals surface area contributed by atoms with Gasteiger partial charge in [-0.15, -0.1) is 5.10 Å². The van der Waals surface area contributed by atoms with Gasteiger partial charge in [-0.25, -0.2) is 4.68 Å². The van der Waals surface area contributed by atoms with Gasteiger partial charge in [-0.05, 0) is 37.2 Å². The predicted octanol–water partition coefficient (Wildman–Crippen LogP) is 1.74. The van der Waals surface area contributed by atoms with Crippen LogP contribution in [0.2, 0.25) is 0 Å². The summed E-state index contributed by atoms with van der Waals surface area (Å²) in [6, 6.07) is 11.1. The van der Waals surface area contributed by atoms with Gasteiger partial charge in [-0.3, -0.25) is 9.69 Å². The van der Waals surface area contributed by atoms with E-state index in [0.29, 0.717) is 12.1 Å². The third-order valence-corrected chi connectivity index (χ3v) is 5.60. The zero-order valence-electron chi connectivity index (χ0n) is 15.5. The quantitative estimate of drug-likeness (QED) is 0.664. The Bertz CT molecular complexity index is 753. The van der Waals surface area contributed by atoms with Crippen LogP contribution in [0.5, 0.6) is 0 Å². The number of hydrogen-bond donors (Lipinski definition) is 2. The fourth-order valence-corrected chi connectivity index (χ4v) is 3.76. The van der Waals surface area contributed by atoms with Gasteiger partial charge < -0.3 is 10.4 Å². The second kappa shape index (κ2) is 8.19. The molecule has 0 spiro atoms. The van der Waals surface area contributed by atoms with Gasteiger partial charge in [0, 0.05) is 25.2 Å². The van der Waals surface area contributed by atoms with E-state index in [1.54, 1.807) is 0 Å². The zero-order valence-corrected chi connectivity index (χ0v) is 15.5. The lowest BCUT2D eigenvalue weighted by atomic mass is 9.85. The van der Waals surface area contributed by atoms with E-state index >= 15 is 0 Å². The molecule has 2 aliphatic carbocycles. The van der Waals surface area contributed by atoms with Crippen LogP contribution in [0.25, 0.3) is 0 Å². The van der Waals surface area contributed by atoms with E-state index in [0.717, 1.165) is 44.1 Å². The topological polar surface area (TPSA) is 83.3 Å². The first-order valence-corrected chi connectivity index (χ1v) is 9.78. The van der Waals surface area contributed by atoms with Gasteiger partial charge in [0.2, 0.25) is 0 Å². The van der Waals surface area contributed by atoms with Crippen LogP contribution in [0.15, 0.2) is 36.5 Å². The third-order valence-electron chi connectivity index (χ3n) is 5.60. The normalized spacial score (nSPS) is 22.0. The molecule has 0 amide bonds. The molecule has 2 aliphatic rings. The molecular formula is C20H27N5O2.